The quantitative estimate of drug-likeness (QED) is 0.627. The Balaban J connectivity index is 1.86. The van der Waals surface area contributed by atoms with Crippen molar-refractivity contribution in [3.05, 3.63) is 28.2 Å². The predicted octanol–water partition coefficient (Wildman–Crippen LogP) is 2.06. The van der Waals surface area contributed by atoms with Crippen LogP contribution in [0, 0.1) is 37.5 Å². The molecule has 0 unspecified atom stereocenters. The lowest BCUT2D eigenvalue weighted by atomic mass is 9.82. The second-order valence-electron chi connectivity index (χ2n) is 7.25. The van der Waals surface area contributed by atoms with Gasteiger partial charge in [0.05, 0.1) is 17.6 Å². The minimum atomic E-state index is -1.19. The third-order valence-corrected chi connectivity index (χ3v) is 6.33. The van der Waals surface area contributed by atoms with E-state index in [1.165, 1.54) is 11.3 Å². The van der Waals surface area contributed by atoms with Crippen molar-refractivity contribution in [1.29, 1.82) is 0 Å². The molecule has 1 fully saturated rings. The summed E-state index contributed by atoms with van der Waals surface area (Å²) in [7, 11) is 0. The molecule has 1 N–H and O–H groups in total. The first-order chi connectivity index (χ1) is 12.2. The summed E-state index contributed by atoms with van der Waals surface area (Å²) in [5.41, 5.74) is 1.11. The Morgan fingerprint density at radius 2 is 1.81 bits per heavy atom. The summed E-state index contributed by atoms with van der Waals surface area (Å²) in [6, 6.07) is 0. The highest BCUT2D eigenvalue weighted by atomic mass is 32.1. The second-order valence-corrected chi connectivity index (χ2v) is 8.47. The van der Waals surface area contributed by atoms with Crippen LogP contribution in [0.25, 0.3) is 0 Å². The summed E-state index contributed by atoms with van der Waals surface area (Å²) < 4.78 is 5.29. The molecule has 0 aromatic carbocycles. The maximum Gasteiger partial charge on any atom is 0.341 e. The normalized spacial score (nSPS) is 26.3. The fourth-order valence-electron chi connectivity index (χ4n) is 3.93. The Morgan fingerprint density at radius 1 is 1.19 bits per heavy atom. The zero-order chi connectivity index (χ0) is 19.2. The van der Waals surface area contributed by atoms with Gasteiger partial charge in [-0.15, -0.1) is 11.3 Å². The van der Waals surface area contributed by atoms with Crippen LogP contribution in [-0.2, 0) is 14.3 Å². The molecule has 6 nitrogen and oxygen atoms in total. The third-order valence-electron chi connectivity index (χ3n) is 5.20. The molecule has 1 saturated carbocycles. The van der Waals surface area contributed by atoms with E-state index in [0.717, 1.165) is 10.4 Å². The van der Waals surface area contributed by atoms with Crippen LogP contribution in [0.5, 0.6) is 0 Å². The van der Waals surface area contributed by atoms with Gasteiger partial charge in [0.25, 0.3) is 0 Å². The molecule has 4 atom stereocenters. The summed E-state index contributed by atoms with van der Waals surface area (Å²) in [4.78, 5) is 37.7. The van der Waals surface area contributed by atoms with Crippen molar-refractivity contribution in [2.75, 3.05) is 5.32 Å². The van der Waals surface area contributed by atoms with Gasteiger partial charge in [-0.05, 0) is 51.5 Å². The Hall–Kier alpha value is -2.15. The van der Waals surface area contributed by atoms with Crippen molar-refractivity contribution >= 4 is 34.2 Å². The van der Waals surface area contributed by atoms with Crippen molar-refractivity contribution in [2.45, 2.75) is 40.2 Å². The number of aliphatic carboxylic acids is 1. The van der Waals surface area contributed by atoms with E-state index in [2.05, 4.69) is 5.32 Å². The lowest BCUT2D eigenvalue weighted by Gasteiger charge is -2.27. The van der Waals surface area contributed by atoms with Gasteiger partial charge in [0.2, 0.25) is 5.91 Å². The minimum Gasteiger partial charge on any atom is -0.550 e. The smallest absolute Gasteiger partial charge is 0.341 e. The maximum atomic E-state index is 12.9. The summed E-state index contributed by atoms with van der Waals surface area (Å²) in [5, 5.41) is 14.7. The highest BCUT2D eigenvalue weighted by Crippen LogP contribution is 2.48. The first-order valence-electron chi connectivity index (χ1n) is 8.71. The lowest BCUT2D eigenvalue weighted by molar-refractivity contribution is -0.313. The predicted molar refractivity (Wildman–Crippen MR) is 95.7 cm³/mol. The standard InChI is InChI=1S/C19H23NO5S/c1-8(2)25-19(24)13-9(3)10(4)26-17(13)20-16(21)14-11-5-6-12(7-11)15(14)18(22)23/h5-6,8,11-12,14-15H,7H2,1-4H3,(H,20,21)(H,22,23)/p-1/t11-,12-,14-,15+/m1/s1. The van der Waals surface area contributed by atoms with E-state index in [1.54, 1.807) is 13.8 Å². The first-order valence-corrected chi connectivity index (χ1v) is 9.53. The molecule has 1 amide bonds. The molecule has 2 aliphatic rings. The van der Waals surface area contributed by atoms with Crippen molar-refractivity contribution in [3.63, 3.8) is 0 Å². The number of fused-ring (bicyclic) bond motifs is 2. The van der Waals surface area contributed by atoms with Crippen LogP contribution in [0.1, 0.15) is 41.1 Å². The molecule has 26 heavy (non-hydrogen) atoms. The number of carboxylic acid groups (broad SMARTS) is 1. The average Bonchev–Trinajstić information content (AvgIpc) is 3.20. The largest absolute Gasteiger partial charge is 0.550 e. The number of hydrogen-bond acceptors (Lipinski definition) is 6. The summed E-state index contributed by atoms with van der Waals surface area (Å²) in [6.45, 7) is 7.20. The molecule has 140 valence electrons. The fraction of sp³-hybridized carbons (Fsp3) is 0.526. The Labute approximate surface area is 156 Å². The molecule has 7 heteroatoms. The summed E-state index contributed by atoms with van der Waals surface area (Å²) in [6.07, 6.45) is 4.15. The number of ether oxygens (including phenoxy) is 1. The third kappa shape index (κ3) is 3.16. The van der Waals surface area contributed by atoms with Crippen molar-refractivity contribution < 1.29 is 24.2 Å². The van der Waals surface area contributed by atoms with Gasteiger partial charge in [0.15, 0.2) is 0 Å². The van der Waals surface area contributed by atoms with E-state index in [9.17, 15) is 19.5 Å². The summed E-state index contributed by atoms with van der Waals surface area (Å²) in [5.74, 6) is -3.81. The monoisotopic (exact) mass is 376 g/mol. The topological polar surface area (TPSA) is 95.5 Å². The van der Waals surface area contributed by atoms with Crippen LogP contribution in [0.2, 0.25) is 0 Å². The number of carboxylic acids is 1. The van der Waals surface area contributed by atoms with Crippen LogP contribution < -0.4 is 10.4 Å². The number of anilines is 1. The van der Waals surface area contributed by atoms with Crippen LogP contribution in [0.4, 0.5) is 5.00 Å². The van der Waals surface area contributed by atoms with Crippen LogP contribution in [0.3, 0.4) is 0 Å². The van der Waals surface area contributed by atoms with Gasteiger partial charge in [-0.3, -0.25) is 4.79 Å². The highest BCUT2D eigenvalue weighted by molar-refractivity contribution is 7.16. The number of rotatable bonds is 5. The maximum absolute atomic E-state index is 12.9. The van der Waals surface area contributed by atoms with E-state index < -0.39 is 23.8 Å². The summed E-state index contributed by atoms with van der Waals surface area (Å²) >= 11 is 1.30. The van der Waals surface area contributed by atoms with E-state index in [0.29, 0.717) is 17.0 Å². The second kappa shape index (κ2) is 6.87. The molecular formula is C19H22NO5S-. The number of carbonyl (C=O) groups is 3. The number of carbonyl (C=O) groups excluding carboxylic acids is 3. The molecular weight excluding hydrogens is 354 g/mol. The van der Waals surface area contributed by atoms with Crippen molar-refractivity contribution in [2.24, 2.45) is 23.7 Å². The number of aryl methyl sites for hydroxylation is 1. The Bertz CT molecular complexity index is 794. The molecule has 0 spiro atoms. The van der Waals surface area contributed by atoms with E-state index in [4.69, 9.17) is 4.74 Å². The van der Waals surface area contributed by atoms with E-state index >= 15 is 0 Å². The molecule has 2 bridgehead atoms. The number of nitrogens with one attached hydrogen (secondary N) is 1. The van der Waals surface area contributed by atoms with E-state index in [-0.39, 0.29) is 23.8 Å². The molecule has 2 aliphatic carbocycles. The Kier molecular flexibility index (Phi) is 4.92. The molecule has 0 radical (unpaired) electrons. The fourth-order valence-corrected chi connectivity index (χ4v) is 4.98. The van der Waals surface area contributed by atoms with Gasteiger partial charge in [0, 0.05) is 16.8 Å². The molecule has 1 aromatic heterocycles. The Morgan fingerprint density at radius 3 is 2.38 bits per heavy atom. The van der Waals surface area contributed by atoms with Crippen LogP contribution in [0.15, 0.2) is 12.2 Å². The number of esters is 1. The molecule has 0 saturated heterocycles. The minimum absolute atomic E-state index is 0.101. The highest BCUT2D eigenvalue weighted by Gasteiger charge is 2.49. The number of allylic oxidation sites excluding steroid dienone is 2. The molecule has 0 aliphatic heterocycles. The number of hydrogen-bond donors (Lipinski definition) is 1. The SMILES string of the molecule is Cc1sc(NC(=O)[C@H]2[C@@H](C(=O)[O-])[C@@H]3C=C[C@@H]2C3)c(C(=O)OC(C)C)c1C. The number of thiophene rings is 1. The molecule has 1 heterocycles. The number of amides is 1. The molecule has 1 aromatic rings. The van der Waals surface area contributed by atoms with Gasteiger partial charge in [-0.25, -0.2) is 4.79 Å². The molecule has 3 rings (SSSR count). The van der Waals surface area contributed by atoms with Gasteiger partial charge in [0.1, 0.15) is 5.00 Å². The van der Waals surface area contributed by atoms with Crippen molar-refractivity contribution in [3.8, 4) is 0 Å². The average molecular weight is 376 g/mol. The van der Waals surface area contributed by atoms with Crippen LogP contribution >= 0.6 is 11.3 Å². The van der Waals surface area contributed by atoms with Crippen LogP contribution in [-0.4, -0.2) is 23.9 Å². The van der Waals surface area contributed by atoms with Gasteiger partial charge < -0.3 is 20.0 Å². The zero-order valence-corrected chi connectivity index (χ0v) is 16.0. The van der Waals surface area contributed by atoms with Crippen molar-refractivity contribution in [1.82, 2.24) is 0 Å². The lowest BCUT2D eigenvalue weighted by Crippen LogP contribution is -2.42. The first kappa shape index (κ1) is 18.6. The zero-order valence-electron chi connectivity index (χ0n) is 15.2. The van der Waals surface area contributed by atoms with Gasteiger partial charge >= 0.3 is 5.97 Å². The van der Waals surface area contributed by atoms with E-state index in [1.807, 2.05) is 26.0 Å². The van der Waals surface area contributed by atoms with Gasteiger partial charge in [-0.2, -0.15) is 0 Å². The van der Waals surface area contributed by atoms with Gasteiger partial charge in [-0.1, -0.05) is 12.2 Å².